The largest absolute Gasteiger partial charge is 0.357 e. The minimum atomic E-state index is 0.0149. The molecule has 0 spiro atoms. The van der Waals surface area contributed by atoms with Crippen LogP contribution in [-0.4, -0.2) is 30.5 Å². The van der Waals surface area contributed by atoms with Crippen LogP contribution in [0.4, 0.5) is 0 Å². The maximum Gasteiger partial charge on any atom is 0.252 e. The maximum atomic E-state index is 12.3. The van der Waals surface area contributed by atoms with Crippen LogP contribution < -0.4 is 5.32 Å². The molecule has 0 radical (unpaired) electrons. The molecule has 3 heterocycles. The number of benzene rings is 1. The first-order chi connectivity index (χ1) is 12.6. The predicted octanol–water partition coefficient (Wildman–Crippen LogP) is 2.47. The number of amides is 1. The average Bonchev–Trinajstić information content (AvgIpc) is 3.25. The molecule has 1 aromatic carbocycles. The van der Waals surface area contributed by atoms with E-state index in [1.807, 2.05) is 32.0 Å². The zero-order valence-electron chi connectivity index (χ0n) is 14.8. The molecule has 0 saturated heterocycles. The van der Waals surface area contributed by atoms with E-state index in [0.717, 1.165) is 33.5 Å². The van der Waals surface area contributed by atoms with Crippen LogP contribution in [0.15, 0.2) is 36.7 Å². The fourth-order valence-electron chi connectivity index (χ4n) is 3.27. The first-order valence-corrected chi connectivity index (χ1v) is 8.61. The van der Waals surface area contributed by atoms with Crippen molar-refractivity contribution in [1.29, 1.82) is 0 Å². The molecule has 0 saturated carbocycles. The van der Waals surface area contributed by atoms with Crippen molar-refractivity contribution in [3.05, 3.63) is 59.3 Å². The van der Waals surface area contributed by atoms with Crippen LogP contribution >= 0.6 is 0 Å². The number of nitrogens with one attached hydrogen (secondary N) is 2. The Balaban J connectivity index is 1.39. The normalized spacial score (nSPS) is 11.3. The van der Waals surface area contributed by atoms with Crippen molar-refractivity contribution in [2.75, 3.05) is 0 Å². The summed E-state index contributed by atoms with van der Waals surface area (Å²) in [7, 11) is 0. The van der Waals surface area contributed by atoms with E-state index in [2.05, 4.69) is 37.5 Å². The summed E-state index contributed by atoms with van der Waals surface area (Å²) in [6.45, 7) is 4.42. The molecule has 0 aliphatic heterocycles. The number of hydrogen-bond acceptors (Lipinski definition) is 4. The summed E-state index contributed by atoms with van der Waals surface area (Å²) in [6.07, 6.45) is 2.52. The summed E-state index contributed by atoms with van der Waals surface area (Å²) >= 11 is 0. The minimum absolute atomic E-state index is 0.0149. The lowest BCUT2D eigenvalue weighted by atomic mass is 10.1. The van der Waals surface area contributed by atoms with E-state index in [-0.39, 0.29) is 5.91 Å². The second kappa shape index (κ2) is 6.59. The number of para-hydroxylation sites is 1. The standard InChI is InChI=1S/C19H20N6O/c1-12-16(13(2)25-19(23-12)21-11-22-25)7-8-18(26)20-10-15-9-14-5-3-4-6-17(14)24-15/h3-6,9,11,24H,7-8,10H2,1-2H3,(H,20,26). The molecular weight excluding hydrogens is 328 g/mol. The second-order valence-corrected chi connectivity index (χ2v) is 6.39. The van der Waals surface area contributed by atoms with Gasteiger partial charge in [-0.2, -0.15) is 10.1 Å². The highest BCUT2D eigenvalue weighted by Crippen LogP contribution is 2.16. The van der Waals surface area contributed by atoms with Crippen molar-refractivity contribution in [2.24, 2.45) is 0 Å². The molecule has 4 aromatic rings. The van der Waals surface area contributed by atoms with Crippen LogP contribution in [0.3, 0.4) is 0 Å². The number of rotatable bonds is 5. The van der Waals surface area contributed by atoms with Crippen molar-refractivity contribution in [3.63, 3.8) is 0 Å². The van der Waals surface area contributed by atoms with Gasteiger partial charge >= 0.3 is 0 Å². The van der Waals surface area contributed by atoms with E-state index in [0.29, 0.717) is 25.2 Å². The Morgan fingerprint density at radius 2 is 2.12 bits per heavy atom. The van der Waals surface area contributed by atoms with Crippen LogP contribution in [-0.2, 0) is 17.8 Å². The van der Waals surface area contributed by atoms with Crippen LogP contribution in [0, 0.1) is 13.8 Å². The van der Waals surface area contributed by atoms with Crippen LogP contribution in [0.5, 0.6) is 0 Å². The van der Waals surface area contributed by atoms with E-state index in [4.69, 9.17) is 0 Å². The fraction of sp³-hybridized carbons (Fsp3) is 0.263. The van der Waals surface area contributed by atoms with Gasteiger partial charge < -0.3 is 10.3 Å². The van der Waals surface area contributed by atoms with Gasteiger partial charge in [-0.1, -0.05) is 18.2 Å². The van der Waals surface area contributed by atoms with Gasteiger partial charge in [-0.15, -0.1) is 0 Å². The van der Waals surface area contributed by atoms with Gasteiger partial charge in [-0.25, -0.2) is 9.50 Å². The van der Waals surface area contributed by atoms with Gasteiger partial charge in [0.2, 0.25) is 5.91 Å². The highest BCUT2D eigenvalue weighted by molar-refractivity contribution is 5.80. The Morgan fingerprint density at radius 1 is 1.27 bits per heavy atom. The maximum absolute atomic E-state index is 12.3. The molecule has 0 unspecified atom stereocenters. The van der Waals surface area contributed by atoms with E-state index in [1.165, 1.54) is 6.33 Å². The Labute approximate surface area is 150 Å². The Morgan fingerprint density at radius 3 is 2.96 bits per heavy atom. The molecule has 132 valence electrons. The zero-order chi connectivity index (χ0) is 18.1. The summed E-state index contributed by atoms with van der Waals surface area (Å²) in [5.41, 5.74) is 5.00. The molecule has 4 rings (SSSR count). The van der Waals surface area contributed by atoms with Crippen LogP contribution in [0.25, 0.3) is 16.7 Å². The molecular formula is C19H20N6O. The number of H-pyrrole nitrogens is 1. The first-order valence-electron chi connectivity index (χ1n) is 8.61. The lowest BCUT2D eigenvalue weighted by Gasteiger charge is -2.10. The molecule has 26 heavy (non-hydrogen) atoms. The Bertz CT molecular complexity index is 1060. The second-order valence-electron chi connectivity index (χ2n) is 6.39. The lowest BCUT2D eigenvalue weighted by molar-refractivity contribution is -0.121. The fourth-order valence-corrected chi connectivity index (χ4v) is 3.27. The monoisotopic (exact) mass is 348 g/mol. The highest BCUT2D eigenvalue weighted by atomic mass is 16.1. The quantitative estimate of drug-likeness (QED) is 0.580. The molecule has 3 aromatic heterocycles. The summed E-state index contributed by atoms with van der Waals surface area (Å²) in [6, 6.07) is 10.1. The Kier molecular flexibility index (Phi) is 4.12. The van der Waals surface area contributed by atoms with Gasteiger partial charge in [0.1, 0.15) is 6.33 Å². The third-order valence-corrected chi connectivity index (χ3v) is 4.65. The van der Waals surface area contributed by atoms with E-state index >= 15 is 0 Å². The number of fused-ring (bicyclic) bond motifs is 2. The molecule has 2 N–H and O–H groups in total. The number of carbonyl (C=O) groups excluding carboxylic acids is 1. The van der Waals surface area contributed by atoms with Crippen LogP contribution in [0.2, 0.25) is 0 Å². The molecule has 1 amide bonds. The molecule has 7 nitrogen and oxygen atoms in total. The minimum Gasteiger partial charge on any atom is -0.357 e. The number of aromatic nitrogens is 5. The van der Waals surface area contributed by atoms with Crippen molar-refractivity contribution in [3.8, 4) is 0 Å². The Hall–Kier alpha value is -3.22. The average molecular weight is 348 g/mol. The SMILES string of the molecule is Cc1nc2ncnn2c(C)c1CCC(=O)NCc1cc2ccccc2[nH]1. The smallest absolute Gasteiger partial charge is 0.252 e. The van der Waals surface area contributed by atoms with Crippen LogP contribution in [0.1, 0.15) is 29.1 Å². The van der Waals surface area contributed by atoms with Crippen molar-refractivity contribution < 1.29 is 4.79 Å². The van der Waals surface area contributed by atoms with Gasteiger partial charge in [-0.3, -0.25) is 4.79 Å². The third kappa shape index (κ3) is 3.03. The van der Waals surface area contributed by atoms with Crippen molar-refractivity contribution in [2.45, 2.75) is 33.2 Å². The number of aryl methyl sites for hydroxylation is 2. The van der Waals surface area contributed by atoms with Gasteiger partial charge in [-0.05, 0) is 43.4 Å². The molecule has 0 fully saturated rings. The summed E-state index contributed by atoms with van der Waals surface area (Å²) in [5.74, 6) is 0.605. The molecule has 7 heteroatoms. The number of aromatic amines is 1. The molecule has 0 aliphatic carbocycles. The first kappa shape index (κ1) is 16.3. The number of hydrogen-bond donors (Lipinski definition) is 2. The van der Waals surface area contributed by atoms with Gasteiger partial charge in [0, 0.05) is 29.0 Å². The van der Waals surface area contributed by atoms with E-state index in [1.54, 1.807) is 4.52 Å². The summed E-state index contributed by atoms with van der Waals surface area (Å²) in [4.78, 5) is 24.1. The third-order valence-electron chi connectivity index (χ3n) is 4.65. The van der Waals surface area contributed by atoms with Gasteiger partial charge in [0.05, 0.1) is 6.54 Å². The zero-order valence-corrected chi connectivity index (χ0v) is 14.8. The van der Waals surface area contributed by atoms with Crippen molar-refractivity contribution >= 4 is 22.6 Å². The predicted molar refractivity (Wildman–Crippen MR) is 98.7 cm³/mol. The van der Waals surface area contributed by atoms with Crippen molar-refractivity contribution in [1.82, 2.24) is 29.9 Å². The summed E-state index contributed by atoms with van der Waals surface area (Å²) in [5, 5.41) is 8.31. The molecule has 0 aliphatic rings. The van der Waals surface area contributed by atoms with Gasteiger partial charge in [0.25, 0.3) is 5.78 Å². The molecule has 0 bridgehead atoms. The van der Waals surface area contributed by atoms with E-state index < -0.39 is 0 Å². The lowest BCUT2D eigenvalue weighted by Crippen LogP contribution is -2.23. The summed E-state index contributed by atoms with van der Waals surface area (Å²) < 4.78 is 1.71. The highest BCUT2D eigenvalue weighted by Gasteiger charge is 2.12. The molecule has 0 atom stereocenters. The van der Waals surface area contributed by atoms with E-state index in [9.17, 15) is 4.79 Å². The number of nitrogens with zero attached hydrogens (tertiary/aromatic N) is 4. The van der Waals surface area contributed by atoms with Gasteiger partial charge in [0.15, 0.2) is 0 Å². The number of carbonyl (C=O) groups is 1. The topological polar surface area (TPSA) is 88.0 Å².